The van der Waals surface area contributed by atoms with E-state index in [2.05, 4.69) is 32.3 Å². The van der Waals surface area contributed by atoms with E-state index < -0.39 is 6.04 Å². The van der Waals surface area contributed by atoms with Gasteiger partial charge < -0.3 is 15.4 Å². The Morgan fingerprint density at radius 2 is 2.11 bits per heavy atom. The Morgan fingerprint density at radius 3 is 2.67 bits per heavy atom. The van der Waals surface area contributed by atoms with Gasteiger partial charge in [0.05, 0.1) is 7.11 Å². The van der Waals surface area contributed by atoms with Gasteiger partial charge in [0.1, 0.15) is 23.5 Å². The molecule has 0 amide bonds. The van der Waals surface area contributed by atoms with Crippen molar-refractivity contribution in [1.82, 2.24) is 9.97 Å². The highest BCUT2D eigenvalue weighted by molar-refractivity contribution is 5.78. The van der Waals surface area contributed by atoms with Crippen molar-refractivity contribution in [1.29, 1.82) is 0 Å². The van der Waals surface area contributed by atoms with Gasteiger partial charge >= 0.3 is 5.97 Å². The maximum Gasteiger partial charge on any atom is 0.328 e. The summed E-state index contributed by atoms with van der Waals surface area (Å²) in [6, 6.07) is 1.32. The third-order valence-corrected chi connectivity index (χ3v) is 2.42. The number of aromatic nitrogens is 2. The average Bonchev–Trinajstić information content (AvgIpc) is 2.37. The van der Waals surface area contributed by atoms with Crippen molar-refractivity contribution in [3.63, 3.8) is 0 Å². The van der Waals surface area contributed by atoms with Crippen molar-refractivity contribution in [2.45, 2.75) is 32.7 Å². The molecular formula is C12H20N4O2. The molecule has 0 spiro atoms. The predicted octanol–water partition coefficient (Wildman–Crippen LogP) is 1.44. The second-order valence-electron chi connectivity index (χ2n) is 3.94. The minimum atomic E-state index is -0.441. The highest BCUT2D eigenvalue weighted by Gasteiger charge is 2.14. The number of esters is 1. The van der Waals surface area contributed by atoms with Crippen molar-refractivity contribution in [2.24, 2.45) is 0 Å². The lowest BCUT2D eigenvalue weighted by Gasteiger charge is -2.13. The van der Waals surface area contributed by atoms with Crippen LogP contribution in [0, 0.1) is 0 Å². The van der Waals surface area contributed by atoms with Gasteiger partial charge in [-0.1, -0.05) is 6.92 Å². The fraction of sp³-hybridized carbons (Fsp3) is 0.583. The Kier molecular flexibility index (Phi) is 5.35. The molecule has 1 heterocycles. The van der Waals surface area contributed by atoms with Crippen LogP contribution in [0.1, 0.15) is 26.1 Å². The lowest BCUT2D eigenvalue weighted by molar-refractivity contribution is -0.141. The zero-order chi connectivity index (χ0) is 13.5. The standard InChI is InChI=1S/C12H20N4O2/c1-5-6-9-15-10(13-3)7-11(16-9)14-8(2)12(17)18-4/h7-8H,5-6H2,1-4H3,(H2,13,14,15,16). The zero-order valence-electron chi connectivity index (χ0n) is 11.3. The van der Waals surface area contributed by atoms with E-state index in [0.29, 0.717) is 5.82 Å². The summed E-state index contributed by atoms with van der Waals surface area (Å²) in [6.07, 6.45) is 1.77. The number of aryl methyl sites for hydroxylation is 1. The third kappa shape index (κ3) is 3.87. The molecule has 0 radical (unpaired) electrons. The molecule has 0 aliphatic carbocycles. The van der Waals surface area contributed by atoms with Gasteiger partial charge in [-0.2, -0.15) is 0 Å². The lowest BCUT2D eigenvalue weighted by Crippen LogP contribution is -2.27. The molecule has 0 bridgehead atoms. The van der Waals surface area contributed by atoms with Gasteiger partial charge in [0.25, 0.3) is 0 Å². The number of hydrogen-bond donors (Lipinski definition) is 2. The molecule has 6 heteroatoms. The molecule has 1 rings (SSSR count). The molecule has 1 aromatic rings. The van der Waals surface area contributed by atoms with Gasteiger partial charge in [-0.15, -0.1) is 0 Å². The number of nitrogens with zero attached hydrogens (tertiary/aromatic N) is 2. The fourth-order valence-electron chi connectivity index (χ4n) is 1.49. The van der Waals surface area contributed by atoms with E-state index in [1.165, 1.54) is 7.11 Å². The van der Waals surface area contributed by atoms with E-state index in [9.17, 15) is 4.79 Å². The van der Waals surface area contributed by atoms with Crippen molar-refractivity contribution < 1.29 is 9.53 Å². The van der Waals surface area contributed by atoms with Gasteiger partial charge in [-0.3, -0.25) is 0 Å². The molecule has 1 aromatic heterocycles. The Bertz CT molecular complexity index is 409. The van der Waals surface area contributed by atoms with E-state index in [-0.39, 0.29) is 5.97 Å². The topological polar surface area (TPSA) is 76.1 Å². The first kappa shape index (κ1) is 14.2. The maximum atomic E-state index is 11.3. The molecule has 0 aliphatic rings. The van der Waals surface area contributed by atoms with Crippen LogP contribution in [-0.4, -0.2) is 36.1 Å². The van der Waals surface area contributed by atoms with Crippen molar-refractivity contribution in [3.05, 3.63) is 11.9 Å². The minimum Gasteiger partial charge on any atom is -0.467 e. The summed E-state index contributed by atoms with van der Waals surface area (Å²) in [4.78, 5) is 20.0. The van der Waals surface area contributed by atoms with Gasteiger partial charge in [-0.05, 0) is 13.3 Å². The first-order valence-electron chi connectivity index (χ1n) is 6.00. The van der Waals surface area contributed by atoms with Crippen molar-refractivity contribution in [2.75, 3.05) is 24.8 Å². The number of methoxy groups -OCH3 is 1. The van der Waals surface area contributed by atoms with Crippen LogP contribution < -0.4 is 10.6 Å². The van der Waals surface area contributed by atoms with Gasteiger partial charge in [0.2, 0.25) is 0 Å². The van der Waals surface area contributed by atoms with E-state index in [0.717, 1.165) is 24.5 Å². The van der Waals surface area contributed by atoms with Crippen LogP contribution in [0.4, 0.5) is 11.6 Å². The number of nitrogens with one attached hydrogen (secondary N) is 2. The summed E-state index contributed by atoms with van der Waals surface area (Å²) in [7, 11) is 3.16. The van der Waals surface area contributed by atoms with Gasteiger partial charge in [0.15, 0.2) is 0 Å². The summed E-state index contributed by atoms with van der Waals surface area (Å²) in [5, 5.41) is 5.98. The number of ether oxygens (including phenoxy) is 1. The molecule has 18 heavy (non-hydrogen) atoms. The van der Waals surface area contributed by atoms with E-state index in [1.54, 1.807) is 20.0 Å². The molecule has 2 N–H and O–H groups in total. The normalized spacial score (nSPS) is 11.8. The summed E-state index contributed by atoms with van der Waals surface area (Å²) < 4.78 is 4.66. The predicted molar refractivity (Wildman–Crippen MR) is 70.7 cm³/mol. The summed E-state index contributed by atoms with van der Waals surface area (Å²) in [5.41, 5.74) is 0. The van der Waals surface area contributed by atoms with Gasteiger partial charge in [0, 0.05) is 19.5 Å². The van der Waals surface area contributed by atoms with Crippen LogP contribution in [0.15, 0.2) is 6.07 Å². The summed E-state index contributed by atoms with van der Waals surface area (Å²) >= 11 is 0. The molecule has 0 saturated carbocycles. The van der Waals surface area contributed by atoms with Crippen LogP contribution in [0.5, 0.6) is 0 Å². The van der Waals surface area contributed by atoms with E-state index in [4.69, 9.17) is 0 Å². The molecule has 0 fully saturated rings. The molecule has 100 valence electrons. The average molecular weight is 252 g/mol. The number of carbonyl (C=O) groups excluding carboxylic acids is 1. The SMILES string of the molecule is CCCc1nc(NC)cc(NC(C)C(=O)OC)n1. The minimum absolute atomic E-state index is 0.323. The maximum absolute atomic E-state index is 11.3. The molecule has 1 unspecified atom stereocenters. The smallest absolute Gasteiger partial charge is 0.328 e. The van der Waals surface area contributed by atoms with Crippen LogP contribution in [0.3, 0.4) is 0 Å². The summed E-state index contributed by atoms with van der Waals surface area (Å²) in [6.45, 7) is 3.80. The highest BCUT2D eigenvalue weighted by atomic mass is 16.5. The Balaban J connectivity index is 2.86. The van der Waals surface area contributed by atoms with Crippen LogP contribution in [0.2, 0.25) is 0 Å². The third-order valence-electron chi connectivity index (χ3n) is 2.42. The van der Waals surface area contributed by atoms with Crippen molar-refractivity contribution in [3.8, 4) is 0 Å². The quantitative estimate of drug-likeness (QED) is 0.746. The van der Waals surface area contributed by atoms with Gasteiger partial charge in [-0.25, -0.2) is 14.8 Å². The highest BCUT2D eigenvalue weighted by Crippen LogP contribution is 2.13. The number of hydrogen-bond acceptors (Lipinski definition) is 6. The molecule has 0 aliphatic heterocycles. The Morgan fingerprint density at radius 1 is 1.44 bits per heavy atom. The van der Waals surface area contributed by atoms with E-state index >= 15 is 0 Å². The van der Waals surface area contributed by atoms with E-state index in [1.807, 2.05) is 0 Å². The first-order valence-corrected chi connectivity index (χ1v) is 6.00. The Labute approximate surface area is 107 Å². The number of rotatable bonds is 6. The second kappa shape index (κ2) is 6.78. The fourth-order valence-corrected chi connectivity index (χ4v) is 1.49. The zero-order valence-corrected chi connectivity index (χ0v) is 11.3. The molecule has 0 aromatic carbocycles. The molecular weight excluding hydrogens is 232 g/mol. The molecule has 1 atom stereocenters. The number of anilines is 2. The summed E-state index contributed by atoms with van der Waals surface area (Å²) in [5.74, 6) is 1.78. The monoisotopic (exact) mass is 252 g/mol. The second-order valence-corrected chi connectivity index (χ2v) is 3.94. The molecule has 0 saturated heterocycles. The lowest BCUT2D eigenvalue weighted by atomic mass is 10.3. The Hall–Kier alpha value is -1.85. The van der Waals surface area contributed by atoms with Crippen LogP contribution in [-0.2, 0) is 16.0 Å². The largest absolute Gasteiger partial charge is 0.467 e. The molecule has 6 nitrogen and oxygen atoms in total. The number of carbonyl (C=O) groups is 1. The van der Waals surface area contributed by atoms with Crippen LogP contribution in [0.25, 0.3) is 0 Å². The van der Waals surface area contributed by atoms with Crippen molar-refractivity contribution >= 4 is 17.6 Å². The first-order chi connectivity index (χ1) is 8.60. The van der Waals surface area contributed by atoms with Crippen LogP contribution >= 0.6 is 0 Å².